The van der Waals surface area contributed by atoms with Crippen molar-refractivity contribution in [1.82, 2.24) is 16.0 Å². The predicted molar refractivity (Wildman–Crippen MR) is 33.2 cm³/mol. The van der Waals surface area contributed by atoms with Crippen molar-refractivity contribution in [3.63, 3.8) is 0 Å². The normalized spacial score (nSPS) is 22.4. The van der Waals surface area contributed by atoms with Crippen molar-refractivity contribution in [2.75, 3.05) is 0 Å². The van der Waals surface area contributed by atoms with E-state index in [1.54, 1.807) is 0 Å². The highest BCUT2D eigenvalue weighted by molar-refractivity contribution is 6.05. The van der Waals surface area contributed by atoms with E-state index in [-0.39, 0.29) is 0 Å². The number of rotatable bonds is 1. The van der Waals surface area contributed by atoms with E-state index >= 15 is 0 Å². The SMILES string of the molecule is NC(=O)N[C@@H]1NC(=O)NC1=O. The summed E-state index contributed by atoms with van der Waals surface area (Å²) in [6.45, 7) is 0. The zero-order valence-electron chi connectivity index (χ0n) is 5.38. The molecule has 0 spiro atoms. The van der Waals surface area contributed by atoms with Crippen molar-refractivity contribution < 1.29 is 14.4 Å². The Balaban J connectivity index is 2.53. The molecule has 0 aromatic heterocycles. The second-order valence-corrected chi connectivity index (χ2v) is 1.90. The van der Waals surface area contributed by atoms with Crippen molar-refractivity contribution in [3.8, 4) is 0 Å². The van der Waals surface area contributed by atoms with Crippen LogP contribution in [0.25, 0.3) is 0 Å². The molecule has 0 saturated carbocycles. The Labute approximate surface area is 61.3 Å². The van der Waals surface area contributed by atoms with Crippen LogP contribution >= 0.6 is 0 Å². The van der Waals surface area contributed by atoms with Crippen LogP contribution in [-0.4, -0.2) is 24.1 Å². The van der Waals surface area contributed by atoms with E-state index < -0.39 is 24.1 Å². The summed E-state index contributed by atoms with van der Waals surface area (Å²) in [6, 6.07) is -1.51. The van der Waals surface area contributed by atoms with Crippen molar-refractivity contribution in [2.24, 2.45) is 5.73 Å². The Morgan fingerprint density at radius 1 is 1.55 bits per heavy atom. The van der Waals surface area contributed by atoms with Gasteiger partial charge in [0.2, 0.25) is 0 Å². The molecular formula is C4H6N4O3. The number of nitrogens with one attached hydrogen (secondary N) is 3. The fourth-order valence-corrected chi connectivity index (χ4v) is 0.661. The lowest BCUT2D eigenvalue weighted by Crippen LogP contribution is -2.48. The Bertz CT molecular complexity index is 225. The van der Waals surface area contributed by atoms with Gasteiger partial charge in [0.1, 0.15) is 0 Å². The molecule has 1 heterocycles. The van der Waals surface area contributed by atoms with Gasteiger partial charge in [0.05, 0.1) is 0 Å². The van der Waals surface area contributed by atoms with E-state index in [1.165, 1.54) is 0 Å². The fraction of sp³-hybridized carbons (Fsp3) is 0.250. The van der Waals surface area contributed by atoms with Gasteiger partial charge < -0.3 is 16.4 Å². The molecule has 5 N–H and O–H groups in total. The molecule has 0 radical (unpaired) electrons. The molecule has 1 saturated heterocycles. The van der Waals surface area contributed by atoms with Gasteiger partial charge in [-0.2, -0.15) is 0 Å². The summed E-state index contributed by atoms with van der Waals surface area (Å²) in [4.78, 5) is 31.3. The van der Waals surface area contributed by atoms with Gasteiger partial charge in [0.15, 0.2) is 6.17 Å². The quantitative estimate of drug-likeness (QED) is 0.325. The van der Waals surface area contributed by atoms with Crippen LogP contribution in [0.15, 0.2) is 0 Å². The lowest BCUT2D eigenvalue weighted by Gasteiger charge is -2.05. The minimum absolute atomic E-state index is 0.617. The van der Waals surface area contributed by atoms with Crippen LogP contribution < -0.4 is 21.7 Å². The van der Waals surface area contributed by atoms with Crippen LogP contribution in [-0.2, 0) is 4.79 Å². The second-order valence-electron chi connectivity index (χ2n) is 1.90. The number of hydrogen-bond acceptors (Lipinski definition) is 3. The van der Waals surface area contributed by atoms with Crippen LogP contribution in [0.4, 0.5) is 9.59 Å². The molecule has 5 amide bonds. The minimum atomic E-state index is -1.04. The van der Waals surface area contributed by atoms with Crippen molar-refractivity contribution in [3.05, 3.63) is 0 Å². The molecule has 0 aromatic rings. The Morgan fingerprint density at radius 2 is 2.18 bits per heavy atom. The first-order valence-corrected chi connectivity index (χ1v) is 2.77. The molecule has 0 aliphatic carbocycles. The summed E-state index contributed by atoms with van der Waals surface area (Å²) in [5, 5.41) is 6.05. The first-order chi connectivity index (χ1) is 5.09. The van der Waals surface area contributed by atoms with E-state index in [1.807, 2.05) is 10.6 Å². The highest BCUT2D eigenvalue weighted by Gasteiger charge is 2.29. The molecule has 1 aliphatic heterocycles. The molecule has 1 rings (SSSR count). The summed E-state index contributed by atoms with van der Waals surface area (Å²) in [5.74, 6) is -0.617. The maximum absolute atomic E-state index is 10.7. The van der Waals surface area contributed by atoms with Crippen LogP contribution in [0.3, 0.4) is 0 Å². The molecule has 1 aliphatic rings. The molecule has 1 fully saturated rings. The topological polar surface area (TPSA) is 113 Å². The van der Waals surface area contributed by atoms with E-state index in [0.29, 0.717) is 0 Å². The number of carbonyl (C=O) groups is 3. The summed E-state index contributed by atoms with van der Waals surface area (Å²) >= 11 is 0. The number of primary amides is 1. The Hall–Kier alpha value is -1.79. The smallest absolute Gasteiger partial charge is 0.323 e. The predicted octanol–water partition coefficient (Wildman–Crippen LogP) is -2.18. The van der Waals surface area contributed by atoms with Gasteiger partial charge in [-0.3, -0.25) is 10.1 Å². The van der Waals surface area contributed by atoms with Gasteiger partial charge in [-0.25, -0.2) is 9.59 Å². The number of nitrogens with two attached hydrogens (primary N) is 1. The zero-order chi connectivity index (χ0) is 8.43. The maximum Gasteiger partial charge on any atom is 0.323 e. The minimum Gasteiger partial charge on any atom is -0.352 e. The van der Waals surface area contributed by atoms with Gasteiger partial charge in [-0.15, -0.1) is 0 Å². The van der Waals surface area contributed by atoms with Gasteiger partial charge in [0, 0.05) is 0 Å². The average molecular weight is 158 g/mol. The zero-order valence-corrected chi connectivity index (χ0v) is 5.38. The lowest BCUT2D eigenvalue weighted by molar-refractivity contribution is -0.120. The maximum atomic E-state index is 10.7. The van der Waals surface area contributed by atoms with Gasteiger partial charge >= 0.3 is 12.1 Å². The third-order valence-electron chi connectivity index (χ3n) is 1.06. The largest absolute Gasteiger partial charge is 0.352 e. The highest BCUT2D eigenvalue weighted by Crippen LogP contribution is 1.86. The molecule has 1 atom stereocenters. The molecule has 0 bridgehead atoms. The summed E-state index contributed by atoms with van der Waals surface area (Å²) < 4.78 is 0. The Kier molecular flexibility index (Phi) is 1.63. The molecule has 60 valence electrons. The number of carbonyl (C=O) groups excluding carboxylic acids is 3. The number of imide groups is 1. The van der Waals surface area contributed by atoms with Crippen LogP contribution in [0.5, 0.6) is 0 Å². The summed E-state index contributed by atoms with van der Waals surface area (Å²) in [5.41, 5.74) is 4.70. The van der Waals surface area contributed by atoms with Crippen LogP contribution in [0.2, 0.25) is 0 Å². The van der Waals surface area contributed by atoms with Crippen molar-refractivity contribution >= 4 is 18.0 Å². The number of hydrogen-bond donors (Lipinski definition) is 4. The van der Waals surface area contributed by atoms with Gasteiger partial charge in [0.25, 0.3) is 5.91 Å². The van der Waals surface area contributed by atoms with E-state index in [9.17, 15) is 14.4 Å². The molecule has 11 heavy (non-hydrogen) atoms. The molecule has 0 aromatic carbocycles. The van der Waals surface area contributed by atoms with Crippen LogP contribution in [0.1, 0.15) is 0 Å². The molecular weight excluding hydrogens is 152 g/mol. The fourth-order valence-electron chi connectivity index (χ4n) is 0.661. The lowest BCUT2D eigenvalue weighted by atomic mass is 10.5. The summed E-state index contributed by atoms with van der Waals surface area (Å²) in [6.07, 6.45) is -1.04. The molecule has 7 nitrogen and oxygen atoms in total. The van der Waals surface area contributed by atoms with Crippen LogP contribution in [0, 0.1) is 0 Å². The highest BCUT2D eigenvalue weighted by atomic mass is 16.2. The van der Waals surface area contributed by atoms with Gasteiger partial charge in [-0.05, 0) is 0 Å². The van der Waals surface area contributed by atoms with Gasteiger partial charge in [-0.1, -0.05) is 0 Å². The third kappa shape index (κ3) is 1.57. The average Bonchev–Trinajstić information content (AvgIpc) is 2.09. The van der Waals surface area contributed by atoms with E-state index in [4.69, 9.17) is 5.73 Å². The third-order valence-corrected chi connectivity index (χ3v) is 1.06. The first-order valence-electron chi connectivity index (χ1n) is 2.77. The monoisotopic (exact) mass is 158 g/mol. The number of amides is 5. The standard InChI is InChI=1S/C4H6N4O3/c5-3(10)6-1-2(9)8-4(11)7-1/h1H,(H3,5,6,10)(H2,7,8,9,11)/t1-/m1/s1. The molecule has 7 heteroatoms. The van der Waals surface area contributed by atoms with E-state index in [0.717, 1.165) is 0 Å². The Morgan fingerprint density at radius 3 is 2.55 bits per heavy atom. The van der Waals surface area contributed by atoms with E-state index in [2.05, 4.69) is 5.32 Å². The second kappa shape index (κ2) is 2.45. The molecule has 0 unspecified atom stereocenters. The number of urea groups is 2. The first kappa shape index (κ1) is 7.32. The summed E-state index contributed by atoms with van der Waals surface area (Å²) in [7, 11) is 0. The van der Waals surface area contributed by atoms with Crippen molar-refractivity contribution in [1.29, 1.82) is 0 Å². The van der Waals surface area contributed by atoms with Crippen molar-refractivity contribution in [2.45, 2.75) is 6.17 Å².